The number of carboxylic acids is 1. The minimum absolute atomic E-state index is 0.0658. The average Bonchev–Trinajstić information content (AvgIpc) is 3.31. The van der Waals surface area contributed by atoms with Gasteiger partial charge in [0.2, 0.25) is 5.91 Å². The molecule has 2 saturated heterocycles. The number of carboxylic acid groups (broad SMARTS) is 1. The second-order valence-electron chi connectivity index (χ2n) is 7.40. The topological polar surface area (TPSA) is 87.2 Å². The van der Waals surface area contributed by atoms with Crippen molar-refractivity contribution in [3.8, 4) is 0 Å². The van der Waals surface area contributed by atoms with E-state index in [9.17, 15) is 19.5 Å². The van der Waals surface area contributed by atoms with E-state index in [4.69, 9.17) is 4.84 Å². The molecule has 2 fully saturated rings. The van der Waals surface area contributed by atoms with Crippen LogP contribution in [0, 0.1) is 5.92 Å². The molecule has 31 heavy (non-hydrogen) atoms. The van der Waals surface area contributed by atoms with Crippen LogP contribution in [0.15, 0.2) is 84.9 Å². The van der Waals surface area contributed by atoms with Crippen molar-refractivity contribution in [2.24, 2.45) is 5.92 Å². The van der Waals surface area contributed by atoms with Crippen LogP contribution in [0.1, 0.15) is 22.0 Å². The van der Waals surface area contributed by atoms with Crippen molar-refractivity contribution in [1.82, 2.24) is 0 Å². The molecule has 2 amide bonds. The Morgan fingerprint density at radius 3 is 2.00 bits per heavy atom. The number of hydroxylamine groups is 1. The molecular weight excluding hydrogens is 396 g/mol. The Kier molecular flexibility index (Phi) is 4.52. The first-order valence-corrected chi connectivity index (χ1v) is 9.84. The number of rotatable bonds is 4. The molecule has 3 atom stereocenters. The fraction of sp³-hybridized carbons (Fsp3) is 0.125. The first-order valence-electron chi connectivity index (χ1n) is 9.84. The number of carbonyl (C=O) groups excluding carboxylic acids is 2. The van der Waals surface area contributed by atoms with Gasteiger partial charge in [-0.2, -0.15) is 0 Å². The zero-order valence-electron chi connectivity index (χ0n) is 16.3. The Labute approximate surface area is 178 Å². The van der Waals surface area contributed by atoms with E-state index in [0.717, 1.165) is 4.90 Å². The standard InChI is InChI=1S/C24H18N2O5/c27-22-19-20(17-13-7-8-14-18(17)24(29)30)26(16-11-5-2-6-12-16)31-21(19)23(28)25(22)15-9-3-1-4-10-15/h1-14,19-21H,(H,29,30)/t19-,20+,21+/m0/s1. The summed E-state index contributed by atoms with van der Waals surface area (Å²) < 4.78 is 0. The molecule has 0 saturated carbocycles. The monoisotopic (exact) mass is 414 g/mol. The van der Waals surface area contributed by atoms with Crippen LogP contribution in [-0.2, 0) is 14.4 Å². The number of imide groups is 1. The molecule has 1 N–H and O–H groups in total. The van der Waals surface area contributed by atoms with Gasteiger partial charge in [-0.05, 0) is 35.9 Å². The van der Waals surface area contributed by atoms with Crippen LogP contribution in [0.4, 0.5) is 11.4 Å². The van der Waals surface area contributed by atoms with Gasteiger partial charge < -0.3 is 5.11 Å². The SMILES string of the molecule is O=C(O)c1ccccc1[C@@H]1[C@@H]2C(=O)N(c3ccccc3)C(=O)[C@@H]2ON1c1ccccc1. The Balaban J connectivity index is 1.64. The summed E-state index contributed by atoms with van der Waals surface area (Å²) in [6, 6.07) is 23.5. The van der Waals surface area contributed by atoms with Crippen LogP contribution in [0.5, 0.6) is 0 Å². The van der Waals surface area contributed by atoms with E-state index in [-0.39, 0.29) is 5.56 Å². The van der Waals surface area contributed by atoms with Crippen molar-refractivity contribution >= 4 is 29.2 Å². The number of amides is 2. The molecule has 7 nitrogen and oxygen atoms in total. The predicted molar refractivity (Wildman–Crippen MR) is 112 cm³/mol. The van der Waals surface area contributed by atoms with Gasteiger partial charge >= 0.3 is 5.97 Å². The maximum absolute atomic E-state index is 13.5. The van der Waals surface area contributed by atoms with Crippen LogP contribution < -0.4 is 9.96 Å². The molecule has 0 unspecified atom stereocenters. The van der Waals surface area contributed by atoms with Gasteiger partial charge in [-0.25, -0.2) is 14.8 Å². The number of hydrogen-bond donors (Lipinski definition) is 1. The summed E-state index contributed by atoms with van der Waals surface area (Å²) in [7, 11) is 0. The first-order chi connectivity index (χ1) is 15.1. The minimum atomic E-state index is -1.11. The quantitative estimate of drug-likeness (QED) is 0.658. The lowest BCUT2D eigenvalue weighted by molar-refractivity contribution is -0.126. The van der Waals surface area contributed by atoms with Crippen molar-refractivity contribution in [2.75, 3.05) is 9.96 Å². The van der Waals surface area contributed by atoms with Crippen molar-refractivity contribution in [3.63, 3.8) is 0 Å². The molecule has 0 bridgehead atoms. The summed E-state index contributed by atoms with van der Waals surface area (Å²) in [6.07, 6.45) is -1.04. The molecule has 154 valence electrons. The zero-order valence-corrected chi connectivity index (χ0v) is 16.3. The maximum Gasteiger partial charge on any atom is 0.336 e. The van der Waals surface area contributed by atoms with Gasteiger partial charge in [0.15, 0.2) is 6.10 Å². The van der Waals surface area contributed by atoms with Gasteiger partial charge in [0, 0.05) is 0 Å². The van der Waals surface area contributed by atoms with Gasteiger partial charge in [0.25, 0.3) is 5.91 Å². The number of aromatic carboxylic acids is 1. The van der Waals surface area contributed by atoms with E-state index in [1.54, 1.807) is 60.7 Å². The highest BCUT2D eigenvalue weighted by molar-refractivity contribution is 6.24. The average molecular weight is 414 g/mol. The number of nitrogens with zero attached hydrogens (tertiary/aromatic N) is 2. The van der Waals surface area contributed by atoms with E-state index >= 15 is 0 Å². The third kappa shape index (κ3) is 2.98. The Morgan fingerprint density at radius 2 is 1.35 bits per heavy atom. The van der Waals surface area contributed by atoms with Crippen LogP contribution >= 0.6 is 0 Å². The summed E-state index contributed by atoms with van der Waals surface area (Å²) in [5, 5.41) is 11.2. The third-order valence-electron chi connectivity index (χ3n) is 5.65. The third-order valence-corrected chi connectivity index (χ3v) is 5.65. The van der Waals surface area contributed by atoms with Gasteiger partial charge in [-0.3, -0.25) is 14.4 Å². The number of benzene rings is 3. The van der Waals surface area contributed by atoms with Crippen LogP contribution in [0.3, 0.4) is 0 Å². The number of hydrogen-bond acceptors (Lipinski definition) is 5. The minimum Gasteiger partial charge on any atom is -0.478 e. The lowest BCUT2D eigenvalue weighted by atomic mass is 9.88. The maximum atomic E-state index is 13.5. The van der Waals surface area contributed by atoms with E-state index in [1.165, 1.54) is 11.1 Å². The Bertz CT molecular complexity index is 1160. The molecule has 5 rings (SSSR count). The fourth-order valence-corrected chi connectivity index (χ4v) is 4.31. The highest BCUT2D eigenvalue weighted by atomic mass is 16.7. The molecule has 3 aromatic carbocycles. The lowest BCUT2D eigenvalue weighted by Gasteiger charge is -2.29. The molecule has 2 aliphatic rings. The molecule has 7 heteroatoms. The van der Waals surface area contributed by atoms with Gasteiger partial charge in [0.05, 0.1) is 23.0 Å². The van der Waals surface area contributed by atoms with Gasteiger partial charge in [0.1, 0.15) is 5.92 Å². The Morgan fingerprint density at radius 1 is 0.774 bits per heavy atom. The molecule has 0 spiro atoms. The van der Waals surface area contributed by atoms with Gasteiger partial charge in [-0.15, -0.1) is 0 Å². The molecular formula is C24H18N2O5. The summed E-state index contributed by atoms with van der Waals surface area (Å²) in [6.45, 7) is 0. The van der Waals surface area contributed by atoms with E-state index in [0.29, 0.717) is 16.9 Å². The van der Waals surface area contributed by atoms with Crippen LogP contribution in [-0.4, -0.2) is 29.0 Å². The number of anilines is 2. The second kappa shape index (κ2) is 7.37. The van der Waals surface area contributed by atoms with E-state index in [1.807, 2.05) is 18.2 Å². The zero-order chi connectivity index (χ0) is 21.5. The predicted octanol–water partition coefficient (Wildman–Crippen LogP) is 3.44. The molecule has 0 aliphatic carbocycles. The van der Waals surface area contributed by atoms with Crippen LogP contribution in [0.2, 0.25) is 0 Å². The van der Waals surface area contributed by atoms with E-state index < -0.39 is 35.8 Å². The smallest absolute Gasteiger partial charge is 0.336 e. The fourth-order valence-electron chi connectivity index (χ4n) is 4.31. The summed E-state index contributed by atoms with van der Waals surface area (Å²) >= 11 is 0. The molecule has 0 radical (unpaired) electrons. The first kappa shape index (κ1) is 19.0. The normalized spacial score (nSPS) is 22.6. The summed E-state index contributed by atoms with van der Waals surface area (Å²) in [5.74, 6) is -2.86. The largest absolute Gasteiger partial charge is 0.478 e. The summed E-state index contributed by atoms with van der Waals surface area (Å²) in [5.41, 5.74) is 1.58. The number of carbonyl (C=O) groups is 3. The molecule has 2 heterocycles. The van der Waals surface area contributed by atoms with Gasteiger partial charge in [-0.1, -0.05) is 54.6 Å². The van der Waals surface area contributed by atoms with Crippen molar-refractivity contribution in [2.45, 2.75) is 12.1 Å². The van der Waals surface area contributed by atoms with E-state index in [2.05, 4.69) is 0 Å². The van der Waals surface area contributed by atoms with Crippen molar-refractivity contribution in [1.29, 1.82) is 0 Å². The highest BCUT2D eigenvalue weighted by Gasteiger charge is 2.60. The summed E-state index contributed by atoms with van der Waals surface area (Å²) in [4.78, 5) is 45.8. The lowest BCUT2D eigenvalue weighted by Crippen LogP contribution is -2.37. The Hall–Kier alpha value is -3.97. The van der Waals surface area contributed by atoms with Crippen LogP contribution in [0.25, 0.3) is 0 Å². The number of fused-ring (bicyclic) bond motifs is 1. The second-order valence-corrected chi connectivity index (χ2v) is 7.40. The van der Waals surface area contributed by atoms with Crippen molar-refractivity contribution in [3.05, 3.63) is 96.1 Å². The highest BCUT2D eigenvalue weighted by Crippen LogP contribution is 2.48. The van der Waals surface area contributed by atoms with Crippen molar-refractivity contribution < 1.29 is 24.3 Å². The molecule has 0 aromatic heterocycles. The molecule has 3 aromatic rings. The number of para-hydroxylation sites is 2. The molecule has 2 aliphatic heterocycles.